The maximum absolute atomic E-state index is 5.09. The average molecular weight is 193 g/mol. The molecule has 0 spiro atoms. The van der Waals surface area contributed by atoms with Crippen LogP contribution in [0.3, 0.4) is 0 Å². The van der Waals surface area contributed by atoms with E-state index in [1.807, 2.05) is 6.26 Å². The molecule has 0 unspecified atom stereocenters. The molecule has 2 rings (SSSR count). The predicted octanol–water partition coefficient (Wildman–Crippen LogP) is 2.90. The molecule has 0 bridgehead atoms. The highest BCUT2D eigenvalue weighted by Crippen LogP contribution is 2.30. The molecule has 78 valence electrons. The first kappa shape index (κ1) is 9.78. The average Bonchev–Trinajstić information content (AvgIpc) is 2.81. The van der Waals surface area contributed by atoms with Crippen molar-refractivity contribution in [2.45, 2.75) is 32.7 Å². The Morgan fingerprint density at radius 1 is 1.50 bits per heavy atom. The summed E-state index contributed by atoms with van der Waals surface area (Å²) in [4.78, 5) is 2.54. The standard InChI is InChI=1S/C12H19NO/c1-2-6-13(8-11-3-4-11)9-12-5-7-14-10-12/h5,7,10-11H,2-4,6,8-9H2,1H3. The Hall–Kier alpha value is -0.760. The third kappa shape index (κ3) is 2.88. The molecule has 0 amide bonds. The maximum atomic E-state index is 5.09. The molecule has 0 N–H and O–H groups in total. The van der Waals surface area contributed by atoms with Gasteiger partial charge < -0.3 is 4.42 Å². The maximum Gasteiger partial charge on any atom is 0.0947 e. The van der Waals surface area contributed by atoms with Crippen molar-refractivity contribution in [1.82, 2.24) is 4.90 Å². The van der Waals surface area contributed by atoms with Crippen molar-refractivity contribution < 1.29 is 4.42 Å². The molecule has 1 saturated carbocycles. The Morgan fingerprint density at radius 3 is 2.93 bits per heavy atom. The van der Waals surface area contributed by atoms with Crippen LogP contribution in [0.15, 0.2) is 23.0 Å². The molecule has 1 fully saturated rings. The number of hydrogen-bond acceptors (Lipinski definition) is 2. The second kappa shape index (κ2) is 4.65. The molecule has 0 radical (unpaired) electrons. The molecule has 0 aliphatic heterocycles. The van der Waals surface area contributed by atoms with E-state index in [-0.39, 0.29) is 0 Å². The molecule has 0 saturated heterocycles. The summed E-state index contributed by atoms with van der Waals surface area (Å²) in [6.45, 7) is 5.79. The van der Waals surface area contributed by atoms with Crippen LogP contribution < -0.4 is 0 Å². The predicted molar refractivity (Wildman–Crippen MR) is 57.0 cm³/mol. The van der Waals surface area contributed by atoms with E-state index in [1.54, 1.807) is 6.26 Å². The van der Waals surface area contributed by atoms with E-state index in [2.05, 4.69) is 17.9 Å². The van der Waals surface area contributed by atoms with Gasteiger partial charge in [-0.05, 0) is 37.8 Å². The van der Waals surface area contributed by atoms with E-state index in [1.165, 1.54) is 37.9 Å². The molecule has 0 aromatic carbocycles. The highest BCUT2D eigenvalue weighted by atomic mass is 16.3. The van der Waals surface area contributed by atoms with Gasteiger partial charge in [-0.1, -0.05) is 6.92 Å². The lowest BCUT2D eigenvalue weighted by Gasteiger charge is -2.20. The monoisotopic (exact) mass is 193 g/mol. The van der Waals surface area contributed by atoms with Gasteiger partial charge in [-0.3, -0.25) is 4.90 Å². The Morgan fingerprint density at radius 2 is 2.36 bits per heavy atom. The van der Waals surface area contributed by atoms with E-state index >= 15 is 0 Å². The van der Waals surface area contributed by atoms with Crippen LogP contribution in [0.1, 0.15) is 31.7 Å². The third-order valence-corrected chi connectivity index (χ3v) is 2.74. The molecule has 1 heterocycles. The van der Waals surface area contributed by atoms with Crippen molar-refractivity contribution in [1.29, 1.82) is 0 Å². The van der Waals surface area contributed by atoms with E-state index < -0.39 is 0 Å². The van der Waals surface area contributed by atoms with E-state index in [0.717, 1.165) is 12.5 Å². The fourth-order valence-electron chi connectivity index (χ4n) is 1.86. The van der Waals surface area contributed by atoms with Crippen molar-refractivity contribution >= 4 is 0 Å². The fraction of sp³-hybridized carbons (Fsp3) is 0.667. The van der Waals surface area contributed by atoms with Crippen LogP contribution in [-0.4, -0.2) is 18.0 Å². The molecule has 1 aromatic rings. The first-order chi connectivity index (χ1) is 6.88. The Labute approximate surface area is 85.9 Å². The van der Waals surface area contributed by atoms with Gasteiger partial charge >= 0.3 is 0 Å². The zero-order valence-corrected chi connectivity index (χ0v) is 8.91. The van der Waals surface area contributed by atoms with Gasteiger partial charge in [0.1, 0.15) is 0 Å². The van der Waals surface area contributed by atoms with Crippen molar-refractivity contribution in [3.63, 3.8) is 0 Å². The van der Waals surface area contributed by atoms with Gasteiger partial charge in [-0.25, -0.2) is 0 Å². The highest BCUT2D eigenvalue weighted by Gasteiger charge is 2.23. The van der Waals surface area contributed by atoms with Crippen LogP contribution in [0.4, 0.5) is 0 Å². The largest absolute Gasteiger partial charge is 0.472 e. The fourth-order valence-corrected chi connectivity index (χ4v) is 1.86. The molecule has 1 aliphatic rings. The third-order valence-electron chi connectivity index (χ3n) is 2.74. The van der Waals surface area contributed by atoms with E-state index in [4.69, 9.17) is 4.42 Å². The summed E-state index contributed by atoms with van der Waals surface area (Å²) in [7, 11) is 0. The summed E-state index contributed by atoms with van der Waals surface area (Å²) in [5.74, 6) is 0.980. The molecule has 1 aromatic heterocycles. The summed E-state index contributed by atoms with van der Waals surface area (Å²) in [5, 5.41) is 0. The van der Waals surface area contributed by atoms with Gasteiger partial charge in [0.2, 0.25) is 0 Å². The van der Waals surface area contributed by atoms with Crippen molar-refractivity contribution in [2.75, 3.05) is 13.1 Å². The number of hydrogen-bond donors (Lipinski definition) is 0. The zero-order chi connectivity index (χ0) is 9.80. The second-order valence-corrected chi connectivity index (χ2v) is 4.31. The summed E-state index contributed by atoms with van der Waals surface area (Å²) in [6.07, 6.45) is 7.73. The number of nitrogens with zero attached hydrogens (tertiary/aromatic N) is 1. The van der Waals surface area contributed by atoms with Crippen LogP contribution in [0.5, 0.6) is 0 Å². The number of rotatable bonds is 6. The minimum Gasteiger partial charge on any atom is -0.472 e. The van der Waals surface area contributed by atoms with Crippen molar-refractivity contribution in [3.8, 4) is 0 Å². The quantitative estimate of drug-likeness (QED) is 0.690. The lowest BCUT2D eigenvalue weighted by atomic mass is 10.2. The van der Waals surface area contributed by atoms with Crippen molar-refractivity contribution in [2.24, 2.45) is 5.92 Å². The summed E-state index contributed by atoms with van der Waals surface area (Å²) < 4.78 is 5.09. The van der Waals surface area contributed by atoms with Gasteiger partial charge in [0, 0.05) is 18.7 Å². The lowest BCUT2D eigenvalue weighted by Crippen LogP contribution is -2.26. The Bertz CT molecular complexity index is 251. The molecule has 2 nitrogen and oxygen atoms in total. The molecular weight excluding hydrogens is 174 g/mol. The second-order valence-electron chi connectivity index (χ2n) is 4.31. The number of furan rings is 1. The first-order valence-corrected chi connectivity index (χ1v) is 5.62. The SMILES string of the molecule is CCCN(Cc1ccoc1)CC1CC1. The molecule has 14 heavy (non-hydrogen) atoms. The Balaban J connectivity index is 1.82. The van der Waals surface area contributed by atoms with Crippen LogP contribution in [0.25, 0.3) is 0 Å². The van der Waals surface area contributed by atoms with Crippen molar-refractivity contribution in [3.05, 3.63) is 24.2 Å². The molecule has 1 aliphatic carbocycles. The van der Waals surface area contributed by atoms with E-state index in [9.17, 15) is 0 Å². The minimum atomic E-state index is 0.980. The zero-order valence-electron chi connectivity index (χ0n) is 8.91. The summed E-state index contributed by atoms with van der Waals surface area (Å²) in [5.41, 5.74) is 1.30. The highest BCUT2D eigenvalue weighted by molar-refractivity contribution is 5.05. The molecular formula is C12H19NO. The summed E-state index contributed by atoms with van der Waals surface area (Å²) in [6, 6.07) is 2.07. The Kier molecular flexibility index (Phi) is 3.25. The van der Waals surface area contributed by atoms with Gasteiger partial charge in [-0.2, -0.15) is 0 Å². The van der Waals surface area contributed by atoms with E-state index in [0.29, 0.717) is 0 Å². The molecule has 0 atom stereocenters. The smallest absolute Gasteiger partial charge is 0.0947 e. The normalized spacial score (nSPS) is 16.4. The van der Waals surface area contributed by atoms with Gasteiger partial charge in [0.25, 0.3) is 0 Å². The van der Waals surface area contributed by atoms with Crippen LogP contribution in [-0.2, 0) is 6.54 Å². The first-order valence-electron chi connectivity index (χ1n) is 5.62. The van der Waals surface area contributed by atoms with Crippen LogP contribution >= 0.6 is 0 Å². The minimum absolute atomic E-state index is 0.980. The van der Waals surface area contributed by atoms with Gasteiger partial charge in [0.15, 0.2) is 0 Å². The molecule has 2 heteroatoms. The lowest BCUT2D eigenvalue weighted by molar-refractivity contribution is 0.254. The van der Waals surface area contributed by atoms with Crippen LogP contribution in [0.2, 0.25) is 0 Å². The van der Waals surface area contributed by atoms with Crippen LogP contribution in [0, 0.1) is 5.92 Å². The topological polar surface area (TPSA) is 16.4 Å². The summed E-state index contributed by atoms with van der Waals surface area (Å²) >= 11 is 0. The van der Waals surface area contributed by atoms with Gasteiger partial charge in [-0.15, -0.1) is 0 Å². The van der Waals surface area contributed by atoms with Gasteiger partial charge in [0.05, 0.1) is 12.5 Å².